The van der Waals surface area contributed by atoms with Crippen molar-refractivity contribution in [3.05, 3.63) is 70.8 Å². The summed E-state index contributed by atoms with van der Waals surface area (Å²) in [4.78, 5) is 35.0. The number of ether oxygens (including phenoxy) is 3. The summed E-state index contributed by atoms with van der Waals surface area (Å²) in [5.74, 6) is -1.11. The van der Waals surface area contributed by atoms with Crippen molar-refractivity contribution in [2.24, 2.45) is 0 Å². The molecule has 160 valence electrons. The van der Waals surface area contributed by atoms with Gasteiger partial charge in [0.05, 0.1) is 17.7 Å². The summed E-state index contributed by atoms with van der Waals surface area (Å²) in [6.45, 7) is 1.82. The van der Waals surface area contributed by atoms with Gasteiger partial charge in [0.1, 0.15) is 13.2 Å². The van der Waals surface area contributed by atoms with E-state index in [0.29, 0.717) is 23.3 Å². The molecule has 0 aliphatic carbocycles. The second kappa shape index (κ2) is 14.1. The number of carbonyl (C=O) groups is 3. The zero-order valence-corrected chi connectivity index (χ0v) is 14.7. The zero-order valence-electron chi connectivity index (χ0n) is 14.7. The molecule has 0 aliphatic heterocycles. The van der Waals surface area contributed by atoms with Gasteiger partial charge in [0.15, 0.2) is 5.78 Å². The molecule has 0 amide bonds. The van der Waals surface area contributed by atoms with Crippen molar-refractivity contribution >= 4 is 17.7 Å². The van der Waals surface area contributed by atoms with Gasteiger partial charge < -0.3 is 14.2 Å². The third-order valence-corrected chi connectivity index (χ3v) is 3.58. The van der Waals surface area contributed by atoms with Gasteiger partial charge in [-0.25, -0.2) is 9.59 Å². The number of hydrogen-bond donors (Lipinski definition) is 0. The molecule has 0 aliphatic rings. The van der Waals surface area contributed by atoms with Crippen molar-refractivity contribution < 1.29 is 28.6 Å². The van der Waals surface area contributed by atoms with Crippen LogP contribution in [0.1, 0.15) is 65.8 Å². The van der Waals surface area contributed by atoms with Gasteiger partial charge in [-0.15, -0.1) is 0 Å². The van der Waals surface area contributed by atoms with Crippen molar-refractivity contribution in [1.29, 1.82) is 0 Å². The van der Waals surface area contributed by atoms with Crippen molar-refractivity contribution in [2.75, 3.05) is 20.3 Å². The first-order chi connectivity index (χ1) is 12.5. The second-order valence-corrected chi connectivity index (χ2v) is 5.54. The highest BCUT2D eigenvalue weighted by molar-refractivity contribution is 5.96. The molecule has 0 fully saturated rings. The Hall–Kier alpha value is -2.99. The number of ketones is 1. The molecule has 0 radical (unpaired) electrons. The van der Waals surface area contributed by atoms with E-state index in [4.69, 9.17) is 14.2 Å². The van der Waals surface area contributed by atoms with Gasteiger partial charge in [-0.3, -0.25) is 4.79 Å². The normalized spacial score (nSPS) is 9.17. The molecule has 29 heavy (non-hydrogen) atoms. The van der Waals surface area contributed by atoms with E-state index in [1.54, 1.807) is 43.5 Å². The molecule has 0 saturated carbocycles. The monoisotopic (exact) mass is 404 g/mol. The van der Waals surface area contributed by atoms with E-state index in [9.17, 15) is 14.4 Å². The number of carbonyl (C=O) groups excluding carboxylic acids is 3. The lowest BCUT2D eigenvalue weighted by molar-refractivity contribution is 0.0265. The van der Waals surface area contributed by atoms with E-state index >= 15 is 0 Å². The first-order valence-corrected chi connectivity index (χ1v) is 8.04. The van der Waals surface area contributed by atoms with Crippen LogP contribution in [0, 0.1) is 0 Å². The lowest BCUT2D eigenvalue weighted by atomic mass is 10.1. The van der Waals surface area contributed by atoms with Crippen LogP contribution in [0.5, 0.6) is 0 Å². The summed E-state index contributed by atoms with van der Waals surface area (Å²) in [7, 11) is 1.60. The number of benzene rings is 2. The summed E-state index contributed by atoms with van der Waals surface area (Å²) in [6.07, 6.45) is 0. The fourth-order valence-electron chi connectivity index (χ4n) is 2.18. The number of rotatable bonds is 8. The van der Waals surface area contributed by atoms with Crippen LogP contribution in [0.3, 0.4) is 0 Å². The predicted molar refractivity (Wildman–Crippen MR) is 114 cm³/mol. The Balaban J connectivity index is 0. The Morgan fingerprint density at radius 1 is 0.690 bits per heavy atom. The van der Waals surface area contributed by atoms with Crippen LogP contribution < -0.4 is 0 Å². The molecule has 0 atom stereocenters. The van der Waals surface area contributed by atoms with E-state index in [-0.39, 0.29) is 41.3 Å². The molecule has 0 saturated heterocycles. The zero-order chi connectivity index (χ0) is 18.9. The topological polar surface area (TPSA) is 78.9 Å². The van der Waals surface area contributed by atoms with Gasteiger partial charge >= 0.3 is 11.9 Å². The van der Waals surface area contributed by atoms with Crippen molar-refractivity contribution in [2.45, 2.75) is 35.8 Å². The van der Waals surface area contributed by atoms with Crippen molar-refractivity contribution in [3.63, 3.8) is 0 Å². The van der Waals surface area contributed by atoms with Crippen LogP contribution >= 0.6 is 0 Å². The minimum absolute atomic E-state index is 0. The molecular formula is C23H32O6. The van der Waals surface area contributed by atoms with Crippen LogP contribution in [0.4, 0.5) is 0 Å². The Kier molecular flexibility index (Phi) is 13.7. The molecule has 2 aromatic carbocycles. The fourth-order valence-corrected chi connectivity index (χ4v) is 2.18. The molecule has 2 rings (SSSR count). The highest BCUT2D eigenvalue weighted by Crippen LogP contribution is 2.08. The SMILES string of the molecule is C.C.C.COCc1ccc(C(=O)OCCOC(=O)c2ccc(C(C)=O)cc2)cc1. The maximum absolute atomic E-state index is 11.9. The van der Waals surface area contributed by atoms with Crippen molar-refractivity contribution in [1.82, 2.24) is 0 Å². The average molecular weight is 405 g/mol. The van der Waals surface area contributed by atoms with Crippen LogP contribution in [0.15, 0.2) is 48.5 Å². The summed E-state index contributed by atoms with van der Waals surface area (Å²) < 4.78 is 15.1. The molecule has 0 spiro atoms. The second-order valence-electron chi connectivity index (χ2n) is 5.54. The fraction of sp³-hybridized carbons (Fsp3) is 0.348. The summed E-state index contributed by atoms with van der Waals surface area (Å²) in [5.41, 5.74) is 2.21. The van der Waals surface area contributed by atoms with Crippen molar-refractivity contribution in [3.8, 4) is 0 Å². The third-order valence-electron chi connectivity index (χ3n) is 3.58. The molecule has 6 heteroatoms. The summed E-state index contributed by atoms with van der Waals surface area (Å²) >= 11 is 0. The minimum Gasteiger partial charge on any atom is -0.458 e. The number of Topliss-reactive ketones (excluding diaryl/α,β-unsaturated/α-hetero) is 1. The standard InChI is InChI=1S/C20H20O6.3CH4/c1-14(21)16-7-9-18(10-8-16)20(23)26-12-11-25-19(22)17-5-3-15(4-6-17)13-24-2;;;/h3-10H,11-13H2,1-2H3;3*1H4. The number of methoxy groups -OCH3 is 1. The Bertz CT molecular complexity index is 763. The number of hydrogen-bond acceptors (Lipinski definition) is 6. The summed E-state index contributed by atoms with van der Waals surface area (Å²) in [5, 5.41) is 0. The molecule has 2 aromatic rings. The largest absolute Gasteiger partial charge is 0.458 e. The lowest BCUT2D eigenvalue weighted by Gasteiger charge is -2.07. The van der Waals surface area contributed by atoms with Gasteiger partial charge in [-0.2, -0.15) is 0 Å². The van der Waals surface area contributed by atoms with Gasteiger partial charge in [0.25, 0.3) is 0 Å². The molecule has 6 nitrogen and oxygen atoms in total. The Labute approximate surface area is 173 Å². The van der Waals surface area contributed by atoms with Crippen LogP contribution in [-0.2, 0) is 20.8 Å². The Morgan fingerprint density at radius 2 is 1.07 bits per heavy atom. The van der Waals surface area contributed by atoms with Gasteiger partial charge in [0, 0.05) is 12.7 Å². The van der Waals surface area contributed by atoms with E-state index < -0.39 is 11.9 Å². The van der Waals surface area contributed by atoms with Crippen LogP contribution in [-0.4, -0.2) is 38.0 Å². The molecular weight excluding hydrogens is 372 g/mol. The lowest BCUT2D eigenvalue weighted by Crippen LogP contribution is -2.14. The predicted octanol–water partition coefficient (Wildman–Crippen LogP) is 4.96. The molecule has 0 bridgehead atoms. The highest BCUT2D eigenvalue weighted by atomic mass is 16.6. The number of esters is 2. The van der Waals surface area contributed by atoms with Crippen LogP contribution in [0.2, 0.25) is 0 Å². The molecule has 0 N–H and O–H groups in total. The highest BCUT2D eigenvalue weighted by Gasteiger charge is 2.10. The first-order valence-electron chi connectivity index (χ1n) is 8.04. The summed E-state index contributed by atoms with van der Waals surface area (Å²) in [6, 6.07) is 13.0. The van der Waals surface area contributed by atoms with E-state index in [1.807, 2.05) is 0 Å². The third kappa shape index (κ3) is 8.70. The van der Waals surface area contributed by atoms with E-state index in [0.717, 1.165) is 5.56 Å². The maximum Gasteiger partial charge on any atom is 0.338 e. The van der Waals surface area contributed by atoms with Gasteiger partial charge in [0.2, 0.25) is 0 Å². The molecule has 0 aromatic heterocycles. The molecule has 0 unspecified atom stereocenters. The smallest absolute Gasteiger partial charge is 0.338 e. The Morgan fingerprint density at radius 3 is 1.45 bits per heavy atom. The maximum atomic E-state index is 11.9. The van der Waals surface area contributed by atoms with Crippen LogP contribution in [0.25, 0.3) is 0 Å². The van der Waals surface area contributed by atoms with E-state index in [1.165, 1.54) is 19.1 Å². The molecule has 0 heterocycles. The average Bonchev–Trinajstić information content (AvgIpc) is 2.65. The van der Waals surface area contributed by atoms with E-state index in [2.05, 4.69) is 0 Å². The first kappa shape index (κ1) is 28.2. The minimum atomic E-state index is -0.542. The van der Waals surface area contributed by atoms with Gasteiger partial charge in [-0.05, 0) is 36.8 Å². The quantitative estimate of drug-likeness (QED) is 0.352. The van der Waals surface area contributed by atoms with Gasteiger partial charge in [-0.1, -0.05) is 46.5 Å².